The summed E-state index contributed by atoms with van der Waals surface area (Å²) in [6, 6.07) is 4.63. The number of phenols is 1. The molecule has 2 unspecified atom stereocenters. The number of primary amides is 1. The Bertz CT molecular complexity index is 990. The summed E-state index contributed by atoms with van der Waals surface area (Å²) in [5.41, 5.74) is 2.32. The van der Waals surface area contributed by atoms with E-state index < -0.39 is 52.0 Å². The number of phenolic OH excluding ortho intramolecular Hbond substituents is 1. The third kappa shape index (κ3) is 2.10. The van der Waals surface area contributed by atoms with E-state index in [1.54, 1.807) is 12.1 Å². The zero-order valence-corrected chi connectivity index (χ0v) is 14.1. The second-order valence-electron chi connectivity index (χ2n) is 7.22. The van der Waals surface area contributed by atoms with Gasteiger partial charge in [0.05, 0.1) is 5.56 Å². The smallest absolute Gasteiger partial charge is 0.255 e. The Morgan fingerprint density at radius 1 is 1.15 bits per heavy atom. The molecule has 3 atom stereocenters. The molecular weight excluding hydrogens is 354 g/mol. The van der Waals surface area contributed by atoms with Crippen LogP contribution in [0.4, 0.5) is 0 Å². The van der Waals surface area contributed by atoms with Crippen LogP contribution in [-0.4, -0.2) is 43.5 Å². The van der Waals surface area contributed by atoms with Crippen molar-refractivity contribution in [2.75, 3.05) is 0 Å². The number of fused-ring (bicyclic) bond motifs is 3. The van der Waals surface area contributed by atoms with Crippen LogP contribution < -0.4 is 5.73 Å². The van der Waals surface area contributed by atoms with Crippen LogP contribution in [0, 0.1) is 11.8 Å². The van der Waals surface area contributed by atoms with E-state index in [0.717, 1.165) is 0 Å². The molecule has 0 spiro atoms. The van der Waals surface area contributed by atoms with E-state index in [2.05, 4.69) is 0 Å². The SMILES string of the molecule is NC(=O)C1=C(O)CC2CC3Cc4cccc(O)c4C(=O)C3=C(O)[C@@]2(O)C1=O. The molecule has 8 nitrogen and oxygen atoms in total. The topological polar surface area (TPSA) is 158 Å². The quantitative estimate of drug-likeness (QED) is 0.452. The van der Waals surface area contributed by atoms with Crippen molar-refractivity contribution < 1.29 is 34.8 Å². The zero-order valence-electron chi connectivity index (χ0n) is 14.1. The highest BCUT2D eigenvalue weighted by Crippen LogP contribution is 2.51. The van der Waals surface area contributed by atoms with Crippen molar-refractivity contribution in [1.29, 1.82) is 0 Å². The largest absolute Gasteiger partial charge is 0.511 e. The summed E-state index contributed by atoms with van der Waals surface area (Å²) >= 11 is 0. The lowest BCUT2D eigenvalue weighted by atomic mass is 9.60. The van der Waals surface area contributed by atoms with Crippen LogP contribution in [0.25, 0.3) is 0 Å². The molecule has 0 heterocycles. The van der Waals surface area contributed by atoms with Crippen molar-refractivity contribution >= 4 is 17.5 Å². The highest BCUT2D eigenvalue weighted by molar-refractivity contribution is 6.24. The molecule has 3 aliphatic carbocycles. The van der Waals surface area contributed by atoms with Crippen molar-refractivity contribution in [3.63, 3.8) is 0 Å². The standard InChI is InChI=1S/C19H17NO7/c20-18(26)14-11(22)6-9-5-8-4-7-2-1-3-10(21)12(7)15(23)13(8)16(24)19(9,27)17(14)25/h1-3,8-9,21-22,24,27H,4-6H2,(H2,20,26)/t8?,9?,19-/m1/s1. The van der Waals surface area contributed by atoms with Gasteiger partial charge in [-0.2, -0.15) is 0 Å². The molecule has 0 radical (unpaired) electrons. The lowest BCUT2D eigenvalue weighted by molar-refractivity contribution is -0.144. The number of aliphatic hydroxyl groups excluding tert-OH is 2. The summed E-state index contributed by atoms with van der Waals surface area (Å²) < 4.78 is 0. The van der Waals surface area contributed by atoms with Gasteiger partial charge in [-0.15, -0.1) is 0 Å². The van der Waals surface area contributed by atoms with Crippen molar-refractivity contribution in [3.05, 3.63) is 52.0 Å². The Labute approximate surface area is 153 Å². The Hall–Kier alpha value is -3.13. The lowest BCUT2D eigenvalue weighted by Crippen LogP contribution is -2.57. The number of allylic oxidation sites excluding steroid dienone is 2. The molecule has 0 aromatic heterocycles. The maximum absolute atomic E-state index is 12.9. The Balaban J connectivity index is 1.91. The van der Waals surface area contributed by atoms with E-state index in [9.17, 15) is 34.8 Å². The molecule has 1 aromatic rings. The van der Waals surface area contributed by atoms with E-state index in [1.807, 2.05) is 0 Å². The number of hydrogen-bond donors (Lipinski definition) is 5. The Morgan fingerprint density at radius 2 is 1.85 bits per heavy atom. The van der Waals surface area contributed by atoms with Gasteiger partial charge < -0.3 is 26.2 Å². The molecular formula is C19H17NO7. The first-order chi connectivity index (χ1) is 12.7. The maximum Gasteiger partial charge on any atom is 0.255 e. The summed E-state index contributed by atoms with van der Waals surface area (Å²) in [6.45, 7) is 0. The Kier molecular flexibility index (Phi) is 3.48. The summed E-state index contributed by atoms with van der Waals surface area (Å²) in [4.78, 5) is 37.2. The minimum atomic E-state index is -2.51. The zero-order chi connectivity index (χ0) is 19.7. The van der Waals surface area contributed by atoms with E-state index in [0.29, 0.717) is 12.0 Å². The molecule has 0 fully saturated rings. The number of aliphatic hydroxyl groups is 3. The van der Waals surface area contributed by atoms with Gasteiger partial charge in [-0.25, -0.2) is 0 Å². The average Bonchev–Trinajstić information content (AvgIpc) is 2.57. The molecule has 3 aliphatic rings. The monoisotopic (exact) mass is 371 g/mol. The fourth-order valence-corrected chi connectivity index (χ4v) is 4.56. The van der Waals surface area contributed by atoms with Crippen molar-refractivity contribution in [2.24, 2.45) is 17.6 Å². The lowest BCUT2D eigenvalue weighted by Gasteiger charge is -2.45. The summed E-state index contributed by atoms with van der Waals surface area (Å²) in [6.07, 6.45) is 0.233. The van der Waals surface area contributed by atoms with Crippen LogP contribution in [-0.2, 0) is 16.0 Å². The van der Waals surface area contributed by atoms with Gasteiger partial charge in [0.15, 0.2) is 11.4 Å². The van der Waals surface area contributed by atoms with Gasteiger partial charge >= 0.3 is 0 Å². The van der Waals surface area contributed by atoms with Crippen molar-refractivity contribution in [3.8, 4) is 5.75 Å². The molecule has 0 saturated heterocycles. The number of rotatable bonds is 1. The number of carbonyl (C=O) groups excluding carboxylic acids is 3. The predicted octanol–water partition coefficient (Wildman–Crippen LogP) is 0.580. The van der Waals surface area contributed by atoms with Crippen LogP contribution in [0.2, 0.25) is 0 Å². The summed E-state index contributed by atoms with van der Waals surface area (Å²) in [7, 11) is 0. The minimum absolute atomic E-state index is 0.0223. The Morgan fingerprint density at radius 3 is 2.52 bits per heavy atom. The second-order valence-corrected chi connectivity index (χ2v) is 7.22. The minimum Gasteiger partial charge on any atom is -0.511 e. The molecule has 0 saturated carbocycles. The first kappa shape index (κ1) is 17.3. The van der Waals surface area contributed by atoms with Crippen LogP contribution in [0.1, 0.15) is 28.8 Å². The first-order valence-corrected chi connectivity index (χ1v) is 8.46. The predicted molar refractivity (Wildman–Crippen MR) is 90.8 cm³/mol. The highest BCUT2D eigenvalue weighted by atomic mass is 16.3. The van der Waals surface area contributed by atoms with E-state index in [4.69, 9.17) is 5.73 Å². The number of Topliss-reactive ketones (excluding diaryl/α,β-unsaturated/α-hetero) is 2. The van der Waals surface area contributed by atoms with Crippen LogP contribution in [0.3, 0.4) is 0 Å². The number of amides is 1. The van der Waals surface area contributed by atoms with Gasteiger partial charge in [-0.05, 0) is 30.4 Å². The van der Waals surface area contributed by atoms with E-state index in [1.165, 1.54) is 6.07 Å². The van der Waals surface area contributed by atoms with Gasteiger partial charge in [0.25, 0.3) is 5.91 Å². The molecule has 0 bridgehead atoms. The second kappa shape index (κ2) is 5.43. The number of benzene rings is 1. The molecule has 0 aliphatic heterocycles. The number of carbonyl (C=O) groups is 3. The van der Waals surface area contributed by atoms with Gasteiger partial charge in [0.2, 0.25) is 5.78 Å². The molecule has 8 heteroatoms. The fourth-order valence-electron chi connectivity index (χ4n) is 4.56. The molecule has 1 amide bonds. The number of hydrogen-bond acceptors (Lipinski definition) is 7. The summed E-state index contributed by atoms with van der Waals surface area (Å²) in [5, 5.41) is 41.9. The van der Waals surface area contributed by atoms with Crippen LogP contribution in [0.5, 0.6) is 5.75 Å². The molecule has 4 rings (SSSR count). The van der Waals surface area contributed by atoms with Crippen molar-refractivity contribution in [1.82, 2.24) is 0 Å². The highest BCUT2D eigenvalue weighted by Gasteiger charge is 2.59. The number of ketones is 2. The average molecular weight is 371 g/mol. The van der Waals surface area contributed by atoms with Crippen molar-refractivity contribution in [2.45, 2.75) is 24.9 Å². The van der Waals surface area contributed by atoms with Crippen LogP contribution in [0.15, 0.2) is 40.9 Å². The normalized spacial score (nSPS) is 30.0. The fraction of sp³-hybridized carbons (Fsp3) is 0.316. The number of nitrogens with two attached hydrogens (primary N) is 1. The van der Waals surface area contributed by atoms with Gasteiger partial charge in [0, 0.05) is 17.9 Å². The third-order valence-corrected chi connectivity index (χ3v) is 5.80. The van der Waals surface area contributed by atoms with Gasteiger partial charge in [-0.1, -0.05) is 12.1 Å². The summed E-state index contributed by atoms with van der Waals surface area (Å²) in [5.74, 6) is -6.13. The number of aromatic hydroxyl groups is 1. The maximum atomic E-state index is 12.9. The molecule has 27 heavy (non-hydrogen) atoms. The van der Waals surface area contributed by atoms with Crippen LogP contribution >= 0.6 is 0 Å². The van der Waals surface area contributed by atoms with Gasteiger partial charge in [-0.3, -0.25) is 14.4 Å². The van der Waals surface area contributed by atoms with E-state index >= 15 is 0 Å². The first-order valence-electron chi connectivity index (χ1n) is 8.46. The third-order valence-electron chi connectivity index (χ3n) is 5.80. The molecule has 1 aromatic carbocycles. The molecule has 140 valence electrons. The van der Waals surface area contributed by atoms with E-state index in [-0.39, 0.29) is 29.7 Å². The molecule has 6 N–H and O–H groups in total. The van der Waals surface area contributed by atoms with Gasteiger partial charge in [0.1, 0.15) is 22.8 Å².